The normalized spacial score (nSPS) is 10.4. The van der Waals surface area contributed by atoms with E-state index < -0.39 is 5.82 Å². The smallest absolute Gasteiger partial charge is 0.256 e. The zero-order valence-corrected chi connectivity index (χ0v) is 13.4. The fraction of sp³-hybridized carbons (Fsp3) is 0.0714. The summed E-state index contributed by atoms with van der Waals surface area (Å²) in [5.74, 6) is -0.939. The maximum atomic E-state index is 13.1. The van der Waals surface area contributed by atoms with E-state index in [1.807, 2.05) is 13.0 Å². The molecule has 1 amide bonds. The first kappa shape index (κ1) is 15.3. The molecule has 104 valence electrons. The number of anilines is 1. The molecule has 0 radical (unpaired) electrons. The predicted octanol–water partition coefficient (Wildman–Crippen LogP) is 5.46. The van der Waals surface area contributed by atoms with Crippen LogP contribution in [0.5, 0.6) is 0 Å². The van der Waals surface area contributed by atoms with Gasteiger partial charge in [-0.15, -0.1) is 0 Å². The van der Waals surface area contributed by atoms with Gasteiger partial charge < -0.3 is 5.32 Å². The van der Waals surface area contributed by atoms with Gasteiger partial charge in [0.15, 0.2) is 0 Å². The Hall–Kier alpha value is -1.10. The number of halogens is 4. The van der Waals surface area contributed by atoms with Crippen molar-refractivity contribution in [1.82, 2.24) is 0 Å². The fourth-order valence-electron chi connectivity index (χ4n) is 1.66. The van der Waals surface area contributed by atoms with Gasteiger partial charge in [-0.25, -0.2) is 4.39 Å². The molecular formula is C14H9BrCl2FNO. The van der Waals surface area contributed by atoms with Crippen molar-refractivity contribution in [2.24, 2.45) is 0 Å². The van der Waals surface area contributed by atoms with Crippen molar-refractivity contribution in [1.29, 1.82) is 0 Å². The second kappa shape index (κ2) is 6.12. The van der Waals surface area contributed by atoms with E-state index in [9.17, 15) is 9.18 Å². The SMILES string of the molecule is Cc1ccc(Br)c(C(=O)Nc2c(Cl)cc(F)cc2Cl)c1. The molecule has 0 spiro atoms. The summed E-state index contributed by atoms with van der Waals surface area (Å²) in [6, 6.07) is 7.56. The van der Waals surface area contributed by atoms with Gasteiger partial charge in [0, 0.05) is 4.47 Å². The van der Waals surface area contributed by atoms with Gasteiger partial charge >= 0.3 is 0 Å². The highest BCUT2D eigenvalue weighted by molar-refractivity contribution is 9.10. The Balaban J connectivity index is 2.35. The fourth-order valence-corrected chi connectivity index (χ4v) is 2.64. The maximum absolute atomic E-state index is 13.1. The minimum atomic E-state index is -0.560. The van der Waals surface area contributed by atoms with E-state index >= 15 is 0 Å². The Morgan fingerprint density at radius 2 is 1.80 bits per heavy atom. The van der Waals surface area contributed by atoms with E-state index in [2.05, 4.69) is 21.2 Å². The van der Waals surface area contributed by atoms with E-state index in [1.165, 1.54) is 0 Å². The summed E-state index contributed by atoms with van der Waals surface area (Å²) in [6.07, 6.45) is 0. The summed E-state index contributed by atoms with van der Waals surface area (Å²) >= 11 is 15.1. The molecule has 0 aliphatic carbocycles. The van der Waals surface area contributed by atoms with Crippen LogP contribution >= 0.6 is 39.1 Å². The minimum Gasteiger partial charge on any atom is -0.319 e. The molecule has 2 aromatic carbocycles. The molecule has 0 saturated carbocycles. The number of amides is 1. The van der Waals surface area contributed by atoms with Gasteiger partial charge in [0.1, 0.15) is 5.82 Å². The van der Waals surface area contributed by atoms with Crippen molar-refractivity contribution < 1.29 is 9.18 Å². The van der Waals surface area contributed by atoms with Crippen LogP contribution < -0.4 is 5.32 Å². The first-order valence-corrected chi connectivity index (χ1v) is 7.15. The van der Waals surface area contributed by atoms with E-state index in [-0.39, 0.29) is 21.6 Å². The summed E-state index contributed by atoms with van der Waals surface area (Å²) in [5.41, 5.74) is 1.57. The summed E-state index contributed by atoms with van der Waals surface area (Å²) in [7, 11) is 0. The molecule has 20 heavy (non-hydrogen) atoms. The highest BCUT2D eigenvalue weighted by Gasteiger charge is 2.15. The molecule has 6 heteroatoms. The summed E-state index contributed by atoms with van der Waals surface area (Å²) < 4.78 is 13.7. The number of nitrogens with one attached hydrogen (secondary N) is 1. The van der Waals surface area contributed by atoms with Gasteiger partial charge in [0.25, 0.3) is 5.91 Å². The van der Waals surface area contributed by atoms with E-state index in [1.54, 1.807) is 12.1 Å². The standard InChI is InChI=1S/C14H9BrCl2FNO/c1-7-2-3-10(15)9(4-7)14(20)19-13-11(16)5-8(18)6-12(13)17/h2-6H,1H3,(H,19,20). The zero-order valence-electron chi connectivity index (χ0n) is 10.3. The predicted molar refractivity (Wildman–Crippen MR) is 83.3 cm³/mol. The first-order chi connectivity index (χ1) is 9.38. The Labute approximate surface area is 134 Å². The Morgan fingerprint density at radius 3 is 2.40 bits per heavy atom. The van der Waals surface area contributed by atoms with Gasteiger partial charge in [-0.2, -0.15) is 0 Å². The molecule has 0 aromatic heterocycles. The molecule has 0 atom stereocenters. The van der Waals surface area contributed by atoms with Crippen LogP contribution in [0.25, 0.3) is 0 Å². The molecular weight excluding hydrogens is 368 g/mol. The molecule has 0 aliphatic rings. The number of hydrogen-bond acceptors (Lipinski definition) is 1. The lowest BCUT2D eigenvalue weighted by atomic mass is 10.1. The Morgan fingerprint density at radius 1 is 1.20 bits per heavy atom. The van der Waals surface area contributed by atoms with Crippen LogP contribution in [0.15, 0.2) is 34.8 Å². The molecule has 2 rings (SSSR count). The lowest BCUT2D eigenvalue weighted by Gasteiger charge is -2.11. The van der Waals surface area contributed by atoms with Gasteiger partial charge in [-0.1, -0.05) is 34.8 Å². The van der Waals surface area contributed by atoms with Crippen LogP contribution in [0.3, 0.4) is 0 Å². The highest BCUT2D eigenvalue weighted by atomic mass is 79.9. The molecule has 0 heterocycles. The number of carbonyl (C=O) groups is 1. The summed E-state index contributed by atoms with van der Waals surface area (Å²) in [5, 5.41) is 2.69. The van der Waals surface area contributed by atoms with Gasteiger partial charge in [0.05, 0.1) is 21.3 Å². The number of aryl methyl sites for hydroxylation is 1. The van der Waals surface area contributed by atoms with Crippen molar-refractivity contribution in [3.05, 3.63) is 61.8 Å². The van der Waals surface area contributed by atoms with Crippen molar-refractivity contribution in [2.75, 3.05) is 5.32 Å². The Kier molecular flexibility index (Phi) is 4.68. The van der Waals surface area contributed by atoms with Crippen LogP contribution in [0.1, 0.15) is 15.9 Å². The number of hydrogen-bond donors (Lipinski definition) is 1. The maximum Gasteiger partial charge on any atom is 0.256 e. The van der Waals surface area contributed by atoms with Crippen molar-refractivity contribution in [3.8, 4) is 0 Å². The van der Waals surface area contributed by atoms with Gasteiger partial charge in [-0.05, 0) is 47.1 Å². The lowest BCUT2D eigenvalue weighted by molar-refractivity contribution is 0.102. The highest BCUT2D eigenvalue weighted by Crippen LogP contribution is 2.32. The monoisotopic (exact) mass is 375 g/mol. The Bertz CT molecular complexity index is 668. The van der Waals surface area contributed by atoms with E-state index in [0.29, 0.717) is 10.0 Å². The third kappa shape index (κ3) is 3.32. The number of rotatable bonds is 2. The van der Waals surface area contributed by atoms with Crippen molar-refractivity contribution >= 4 is 50.7 Å². The third-order valence-electron chi connectivity index (χ3n) is 2.61. The van der Waals surface area contributed by atoms with Gasteiger partial charge in [-0.3, -0.25) is 4.79 Å². The van der Waals surface area contributed by atoms with Crippen molar-refractivity contribution in [2.45, 2.75) is 6.92 Å². The third-order valence-corrected chi connectivity index (χ3v) is 3.90. The lowest BCUT2D eigenvalue weighted by Crippen LogP contribution is -2.13. The van der Waals surface area contributed by atoms with Crippen molar-refractivity contribution in [3.63, 3.8) is 0 Å². The van der Waals surface area contributed by atoms with Crippen LogP contribution in [0, 0.1) is 12.7 Å². The number of benzene rings is 2. The average Bonchev–Trinajstić information content (AvgIpc) is 2.36. The minimum absolute atomic E-state index is 0.0483. The summed E-state index contributed by atoms with van der Waals surface area (Å²) in [4.78, 5) is 12.2. The second-order valence-electron chi connectivity index (χ2n) is 4.18. The van der Waals surface area contributed by atoms with Crippen LogP contribution in [0.2, 0.25) is 10.0 Å². The zero-order chi connectivity index (χ0) is 14.9. The second-order valence-corrected chi connectivity index (χ2v) is 5.85. The summed E-state index contributed by atoms with van der Waals surface area (Å²) in [6.45, 7) is 1.88. The molecule has 2 nitrogen and oxygen atoms in total. The number of carbonyl (C=O) groups excluding carboxylic acids is 1. The van der Waals surface area contributed by atoms with Crippen LogP contribution in [-0.4, -0.2) is 5.91 Å². The molecule has 0 saturated heterocycles. The van der Waals surface area contributed by atoms with E-state index in [0.717, 1.165) is 17.7 Å². The van der Waals surface area contributed by atoms with Gasteiger partial charge in [0.2, 0.25) is 0 Å². The van der Waals surface area contributed by atoms with E-state index in [4.69, 9.17) is 23.2 Å². The molecule has 2 aromatic rings. The average molecular weight is 377 g/mol. The van der Waals surface area contributed by atoms with Crippen LogP contribution in [0.4, 0.5) is 10.1 Å². The molecule has 0 fully saturated rings. The molecule has 0 bridgehead atoms. The molecule has 0 unspecified atom stereocenters. The molecule has 0 aliphatic heterocycles. The first-order valence-electron chi connectivity index (χ1n) is 5.60. The largest absolute Gasteiger partial charge is 0.319 e. The quantitative estimate of drug-likeness (QED) is 0.741. The topological polar surface area (TPSA) is 29.1 Å². The molecule has 1 N–H and O–H groups in total. The van der Waals surface area contributed by atoms with Crippen LogP contribution in [-0.2, 0) is 0 Å².